The number of carbonyl (C=O) groups is 2. The van der Waals surface area contributed by atoms with Crippen LogP contribution in [0.15, 0.2) is 36.5 Å². The average molecular weight is 462 g/mol. The molecule has 0 aliphatic carbocycles. The van der Waals surface area contributed by atoms with Gasteiger partial charge in [0.25, 0.3) is 5.91 Å². The van der Waals surface area contributed by atoms with E-state index in [9.17, 15) is 9.59 Å². The average Bonchev–Trinajstić information content (AvgIpc) is 3.41. The molecule has 0 saturated carbocycles. The van der Waals surface area contributed by atoms with Crippen LogP contribution < -0.4 is 20.5 Å². The summed E-state index contributed by atoms with van der Waals surface area (Å²) < 4.78 is 14.4. The van der Waals surface area contributed by atoms with Crippen LogP contribution in [-0.4, -0.2) is 54.6 Å². The lowest BCUT2D eigenvalue weighted by atomic mass is 9.87. The van der Waals surface area contributed by atoms with Crippen molar-refractivity contribution in [3.8, 4) is 17.3 Å². The first-order valence-electron chi connectivity index (χ1n) is 10.7. The van der Waals surface area contributed by atoms with Crippen molar-refractivity contribution in [2.24, 2.45) is 5.73 Å². The van der Waals surface area contributed by atoms with Crippen LogP contribution in [0.5, 0.6) is 11.5 Å². The van der Waals surface area contributed by atoms with E-state index in [0.29, 0.717) is 41.2 Å². The monoisotopic (exact) mass is 462 g/mol. The minimum absolute atomic E-state index is 0.146. The fourth-order valence-electron chi connectivity index (χ4n) is 3.97. The van der Waals surface area contributed by atoms with Crippen LogP contribution in [0, 0.1) is 6.92 Å². The first kappa shape index (κ1) is 21.4. The molecular weight excluding hydrogens is 440 g/mol. The number of nitrogens with two attached hydrogens (primary N) is 1. The molecule has 0 unspecified atom stereocenters. The second-order valence-corrected chi connectivity index (χ2v) is 7.77. The number of aromatic nitrogens is 6. The van der Waals surface area contributed by atoms with E-state index in [2.05, 4.69) is 25.7 Å². The summed E-state index contributed by atoms with van der Waals surface area (Å²) in [5.41, 5.74) is 7.50. The summed E-state index contributed by atoms with van der Waals surface area (Å²) in [5.74, 6) is 1.59. The second-order valence-electron chi connectivity index (χ2n) is 7.77. The van der Waals surface area contributed by atoms with Gasteiger partial charge in [0, 0.05) is 17.9 Å². The molecule has 12 nitrogen and oxygen atoms in total. The van der Waals surface area contributed by atoms with E-state index < -0.39 is 5.91 Å². The lowest BCUT2D eigenvalue weighted by Gasteiger charge is -2.24. The van der Waals surface area contributed by atoms with Crippen molar-refractivity contribution in [2.45, 2.75) is 26.2 Å². The molecule has 3 aromatic heterocycles. The van der Waals surface area contributed by atoms with Crippen LogP contribution in [0.2, 0.25) is 0 Å². The van der Waals surface area contributed by atoms with Crippen molar-refractivity contribution in [1.29, 1.82) is 0 Å². The molecule has 4 aromatic rings. The van der Waals surface area contributed by atoms with E-state index in [1.807, 2.05) is 19.1 Å². The highest BCUT2D eigenvalue weighted by molar-refractivity contribution is 5.94. The molecule has 1 aromatic carbocycles. The van der Waals surface area contributed by atoms with Crippen molar-refractivity contribution in [3.63, 3.8) is 0 Å². The smallest absolute Gasteiger partial charge is 0.255 e. The van der Waals surface area contributed by atoms with E-state index >= 15 is 0 Å². The number of ether oxygens (including phenoxy) is 2. The number of amides is 2. The van der Waals surface area contributed by atoms with Crippen molar-refractivity contribution < 1.29 is 19.1 Å². The summed E-state index contributed by atoms with van der Waals surface area (Å²) in [6, 6.07) is 8.93. The minimum Gasteiger partial charge on any atom is -0.490 e. The van der Waals surface area contributed by atoms with Gasteiger partial charge in [0.15, 0.2) is 35.4 Å². The van der Waals surface area contributed by atoms with Crippen LogP contribution >= 0.6 is 0 Å². The molecule has 0 fully saturated rings. The van der Waals surface area contributed by atoms with E-state index in [4.69, 9.17) is 15.2 Å². The normalized spacial score (nSPS) is 15.1. The maximum absolute atomic E-state index is 12.7. The Morgan fingerprint density at radius 2 is 2.06 bits per heavy atom. The zero-order valence-corrected chi connectivity index (χ0v) is 18.6. The molecule has 2 amide bonds. The van der Waals surface area contributed by atoms with Crippen molar-refractivity contribution in [1.82, 2.24) is 29.6 Å². The number of nitrogens with zero attached hydrogens (tertiary/aromatic N) is 6. The van der Waals surface area contributed by atoms with Gasteiger partial charge >= 0.3 is 0 Å². The third-order valence-electron chi connectivity index (χ3n) is 5.48. The number of aryl methyl sites for hydroxylation is 1. The van der Waals surface area contributed by atoms with Gasteiger partial charge in [-0.2, -0.15) is 14.3 Å². The second kappa shape index (κ2) is 8.46. The number of anilines is 1. The van der Waals surface area contributed by atoms with Gasteiger partial charge in [0.2, 0.25) is 5.91 Å². The number of hydrogen-bond donors (Lipinski definition) is 2. The van der Waals surface area contributed by atoms with Gasteiger partial charge in [-0.15, -0.1) is 15.3 Å². The molecule has 12 heteroatoms. The Kier molecular flexibility index (Phi) is 5.32. The molecule has 1 aliphatic rings. The molecule has 0 bridgehead atoms. The third kappa shape index (κ3) is 3.78. The number of hydrogen-bond acceptors (Lipinski definition) is 8. The van der Waals surface area contributed by atoms with Crippen LogP contribution in [0.4, 0.5) is 5.82 Å². The summed E-state index contributed by atoms with van der Waals surface area (Å²) >= 11 is 0. The Labute approximate surface area is 193 Å². The zero-order valence-electron chi connectivity index (χ0n) is 18.6. The Hall–Kier alpha value is -4.48. The van der Waals surface area contributed by atoms with Gasteiger partial charge in [0.1, 0.15) is 5.82 Å². The van der Waals surface area contributed by atoms with Gasteiger partial charge in [-0.1, -0.05) is 6.07 Å². The number of benzene rings is 1. The van der Waals surface area contributed by atoms with Crippen molar-refractivity contribution in [2.75, 3.05) is 18.5 Å². The highest BCUT2D eigenvalue weighted by atomic mass is 16.5. The highest BCUT2D eigenvalue weighted by Gasteiger charge is 2.31. The molecule has 0 saturated heterocycles. The van der Waals surface area contributed by atoms with Gasteiger partial charge in [-0.3, -0.25) is 9.59 Å². The van der Waals surface area contributed by atoms with Crippen LogP contribution in [0.25, 0.3) is 11.5 Å². The van der Waals surface area contributed by atoms with Gasteiger partial charge in [0.05, 0.1) is 12.8 Å². The lowest BCUT2D eigenvalue weighted by molar-refractivity contribution is -0.120. The summed E-state index contributed by atoms with van der Waals surface area (Å²) in [7, 11) is 0. The predicted molar refractivity (Wildman–Crippen MR) is 120 cm³/mol. The molecule has 0 spiro atoms. The lowest BCUT2D eigenvalue weighted by Crippen LogP contribution is -2.25. The first-order chi connectivity index (χ1) is 16.4. The molecule has 0 radical (unpaired) electrons. The Morgan fingerprint density at radius 3 is 2.85 bits per heavy atom. The highest BCUT2D eigenvalue weighted by Crippen LogP contribution is 2.40. The molecule has 1 atom stereocenters. The topological polar surface area (TPSA) is 152 Å². The number of primary amides is 1. The molecule has 174 valence electrons. The van der Waals surface area contributed by atoms with Crippen LogP contribution in [0.3, 0.4) is 0 Å². The Bertz CT molecular complexity index is 1410. The SMILES string of the molecule is CCOc1cc([C@@H]2CC(=O)Nc3c2cnn3-c2ccc3nnc(C)n3n2)ccc1OCC(N)=O. The maximum Gasteiger partial charge on any atom is 0.255 e. The van der Waals surface area contributed by atoms with E-state index in [1.165, 1.54) is 0 Å². The number of carbonyl (C=O) groups excluding carboxylic acids is 2. The minimum atomic E-state index is -0.582. The van der Waals surface area contributed by atoms with E-state index in [-0.39, 0.29) is 24.9 Å². The summed E-state index contributed by atoms with van der Waals surface area (Å²) in [6.07, 6.45) is 1.96. The summed E-state index contributed by atoms with van der Waals surface area (Å²) in [6.45, 7) is 3.80. The Balaban J connectivity index is 1.53. The molecular formula is C22H22N8O4. The first-order valence-corrected chi connectivity index (χ1v) is 10.7. The number of fused-ring (bicyclic) bond motifs is 2. The van der Waals surface area contributed by atoms with Gasteiger partial charge < -0.3 is 20.5 Å². The maximum atomic E-state index is 12.7. The predicted octanol–water partition coefficient (Wildman–Crippen LogP) is 1.36. The van der Waals surface area contributed by atoms with Crippen LogP contribution in [-0.2, 0) is 9.59 Å². The molecule has 4 heterocycles. The third-order valence-corrected chi connectivity index (χ3v) is 5.48. The zero-order chi connectivity index (χ0) is 23.8. The van der Waals surface area contributed by atoms with Gasteiger partial charge in [-0.05, 0) is 43.7 Å². The van der Waals surface area contributed by atoms with E-state index in [1.54, 1.807) is 40.5 Å². The summed E-state index contributed by atoms with van der Waals surface area (Å²) in [4.78, 5) is 23.8. The number of nitrogens with one attached hydrogen (secondary N) is 1. The molecule has 5 rings (SSSR count). The molecule has 34 heavy (non-hydrogen) atoms. The number of rotatable bonds is 7. The Morgan fingerprint density at radius 1 is 1.21 bits per heavy atom. The molecule has 3 N–H and O–H groups in total. The quantitative estimate of drug-likeness (QED) is 0.418. The largest absolute Gasteiger partial charge is 0.490 e. The molecule has 1 aliphatic heterocycles. The fourth-order valence-corrected chi connectivity index (χ4v) is 3.97. The van der Waals surface area contributed by atoms with Gasteiger partial charge in [-0.25, -0.2) is 0 Å². The standard InChI is InChI=1S/C22H22N8O4/c1-3-33-17-8-13(4-5-16(17)34-11-18(23)31)14-9-21(32)25-22-15(14)10-24-30(22)20-7-6-19-27-26-12(2)29(19)28-20/h4-8,10,14H,3,9,11H2,1-2H3,(H2,23,31)(H,25,32)/t14-/m0/s1. The van der Waals surface area contributed by atoms with Crippen molar-refractivity contribution >= 4 is 23.3 Å². The summed E-state index contributed by atoms with van der Waals surface area (Å²) in [5, 5.41) is 20.1. The van der Waals surface area contributed by atoms with E-state index in [0.717, 1.165) is 11.1 Å². The van der Waals surface area contributed by atoms with Crippen molar-refractivity contribution in [3.05, 3.63) is 53.5 Å². The fraction of sp³-hybridized carbons (Fsp3) is 0.273. The van der Waals surface area contributed by atoms with Crippen LogP contribution in [0.1, 0.15) is 36.2 Å².